The Kier molecular flexibility index (Phi) is 7.42. The number of hydrogen-bond donors (Lipinski definition) is 0. The summed E-state index contributed by atoms with van der Waals surface area (Å²) in [7, 11) is 0. The number of rotatable bonds is 10. The molecule has 2 aromatic carbocycles. The molecule has 0 bridgehead atoms. The standard InChI is InChI=1S/C26H35I/c1-4-6-8-10-16-26(17-11-9-7-5-2)24-15-13-21(27)19-23(24)22-14-12-20(3)18-25(22)26/h12-15,18-19H,4-11,16-17H2,1-3H3. The lowest BCUT2D eigenvalue weighted by molar-refractivity contribution is 0.401. The van der Waals surface area contributed by atoms with Crippen LogP contribution in [-0.2, 0) is 5.41 Å². The summed E-state index contributed by atoms with van der Waals surface area (Å²) in [6, 6.07) is 14.4. The Morgan fingerprint density at radius 2 is 1.37 bits per heavy atom. The molecule has 0 aromatic heterocycles. The van der Waals surface area contributed by atoms with Gasteiger partial charge in [0.05, 0.1) is 0 Å². The fourth-order valence-corrected chi connectivity index (χ4v) is 5.45. The molecule has 0 radical (unpaired) electrons. The van der Waals surface area contributed by atoms with Crippen LogP contribution < -0.4 is 0 Å². The van der Waals surface area contributed by atoms with E-state index in [9.17, 15) is 0 Å². The van der Waals surface area contributed by atoms with Crippen LogP contribution in [0.25, 0.3) is 11.1 Å². The smallest absolute Gasteiger partial charge is 0.0215 e. The van der Waals surface area contributed by atoms with Crippen LogP contribution in [0.15, 0.2) is 36.4 Å². The van der Waals surface area contributed by atoms with Crippen molar-refractivity contribution in [1.29, 1.82) is 0 Å². The first-order chi connectivity index (χ1) is 13.1. The largest absolute Gasteiger partial charge is 0.0654 e. The van der Waals surface area contributed by atoms with Crippen molar-refractivity contribution < 1.29 is 0 Å². The first kappa shape index (κ1) is 20.9. The Bertz CT molecular complexity index is 747. The molecule has 1 aliphatic carbocycles. The molecule has 3 rings (SSSR count). The number of fused-ring (bicyclic) bond motifs is 3. The van der Waals surface area contributed by atoms with Gasteiger partial charge in [-0.2, -0.15) is 0 Å². The Hall–Kier alpha value is -0.830. The minimum atomic E-state index is 0.239. The van der Waals surface area contributed by atoms with Crippen molar-refractivity contribution in [3.63, 3.8) is 0 Å². The molecule has 0 atom stereocenters. The van der Waals surface area contributed by atoms with Gasteiger partial charge < -0.3 is 0 Å². The highest BCUT2D eigenvalue weighted by Crippen LogP contribution is 2.54. The topological polar surface area (TPSA) is 0 Å². The quantitative estimate of drug-likeness (QED) is 0.238. The Morgan fingerprint density at radius 3 is 2.00 bits per heavy atom. The number of benzene rings is 2. The number of unbranched alkanes of at least 4 members (excludes halogenated alkanes) is 6. The summed E-state index contributed by atoms with van der Waals surface area (Å²) >= 11 is 2.47. The minimum Gasteiger partial charge on any atom is -0.0654 e. The second kappa shape index (κ2) is 9.58. The average molecular weight is 474 g/mol. The minimum absolute atomic E-state index is 0.239. The van der Waals surface area contributed by atoms with E-state index in [4.69, 9.17) is 0 Å². The van der Waals surface area contributed by atoms with E-state index < -0.39 is 0 Å². The van der Waals surface area contributed by atoms with E-state index in [1.807, 2.05) is 0 Å². The fraction of sp³-hybridized carbons (Fsp3) is 0.538. The third-order valence-corrected chi connectivity index (χ3v) is 7.06. The lowest BCUT2D eigenvalue weighted by Gasteiger charge is -2.33. The fourth-order valence-electron chi connectivity index (χ4n) is 4.96. The molecule has 27 heavy (non-hydrogen) atoms. The van der Waals surface area contributed by atoms with Crippen molar-refractivity contribution in [1.82, 2.24) is 0 Å². The third kappa shape index (κ3) is 4.44. The predicted octanol–water partition coefficient (Wildman–Crippen LogP) is 8.81. The molecule has 1 heteroatoms. The van der Waals surface area contributed by atoms with Crippen LogP contribution in [0.1, 0.15) is 94.7 Å². The molecule has 0 spiro atoms. The highest BCUT2D eigenvalue weighted by atomic mass is 127. The van der Waals surface area contributed by atoms with Crippen LogP contribution in [0.4, 0.5) is 0 Å². The van der Waals surface area contributed by atoms with Crippen LogP contribution in [0.2, 0.25) is 0 Å². The Balaban J connectivity index is 2.02. The zero-order valence-corrected chi connectivity index (χ0v) is 19.6. The monoisotopic (exact) mass is 474 g/mol. The summed E-state index contributed by atoms with van der Waals surface area (Å²) in [6.07, 6.45) is 13.4. The van der Waals surface area contributed by atoms with Gasteiger partial charge in [-0.3, -0.25) is 0 Å². The van der Waals surface area contributed by atoms with Crippen molar-refractivity contribution in [3.05, 3.63) is 56.7 Å². The van der Waals surface area contributed by atoms with Gasteiger partial charge >= 0.3 is 0 Å². The van der Waals surface area contributed by atoms with Crippen LogP contribution in [0.5, 0.6) is 0 Å². The first-order valence-corrected chi connectivity index (χ1v) is 12.1. The van der Waals surface area contributed by atoms with Gasteiger partial charge in [-0.25, -0.2) is 0 Å². The third-order valence-electron chi connectivity index (χ3n) is 6.39. The van der Waals surface area contributed by atoms with E-state index in [1.165, 1.54) is 84.5 Å². The van der Waals surface area contributed by atoms with Gasteiger partial charge in [-0.15, -0.1) is 0 Å². The SMILES string of the molecule is CCCCCCC1(CCCCCC)c2ccc(I)cc2-c2ccc(C)cc21. The second-order valence-corrected chi connectivity index (χ2v) is 9.69. The zero-order chi connectivity index (χ0) is 19.3. The predicted molar refractivity (Wildman–Crippen MR) is 128 cm³/mol. The highest BCUT2D eigenvalue weighted by molar-refractivity contribution is 14.1. The molecular formula is C26H35I. The van der Waals surface area contributed by atoms with E-state index >= 15 is 0 Å². The second-order valence-electron chi connectivity index (χ2n) is 8.44. The molecule has 1 aliphatic rings. The molecule has 0 heterocycles. The molecule has 0 nitrogen and oxygen atoms in total. The van der Waals surface area contributed by atoms with Gasteiger partial charge in [0.2, 0.25) is 0 Å². The first-order valence-electron chi connectivity index (χ1n) is 11.0. The van der Waals surface area contributed by atoms with Gasteiger partial charge in [0.25, 0.3) is 0 Å². The maximum absolute atomic E-state index is 2.50. The lowest BCUT2D eigenvalue weighted by Crippen LogP contribution is -2.25. The van der Waals surface area contributed by atoms with Crippen LogP contribution >= 0.6 is 22.6 Å². The zero-order valence-electron chi connectivity index (χ0n) is 17.4. The van der Waals surface area contributed by atoms with Gasteiger partial charge in [0, 0.05) is 8.99 Å². The van der Waals surface area contributed by atoms with E-state index in [1.54, 1.807) is 11.1 Å². The molecule has 146 valence electrons. The summed E-state index contributed by atoms with van der Waals surface area (Å²) < 4.78 is 1.35. The summed E-state index contributed by atoms with van der Waals surface area (Å²) in [5.74, 6) is 0. The number of hydrogen-bond acceptors (Lipinski definition) is 0. The van der Waals surface area contributed by atoms with Crippen LogP contribution in [0, 0.1) is 10.5 Å². The molecule has 0 fully saturated rings. The van der Waals surface area contributed by atoms with Gasteiger partial charge in [0.1, 0.15) is 0 Å². The van der Waals surface area contributed by atoms with Crippen molar-refractivity contribution in [3.8, 4) is 11.1 Å². The van der Waals surface area contributed by atoms with E-state index in [2.05, 4.69) is 79.8 Å². The summed E-state index contributed by atoms with van der Waals surface area (Å²) in [5, 5.41) is 0. The molecule has 2 aromatic rings. The maximum Gasteiger partial charge on any atom is 0.0215 e. The average Bonchev–Trinajstić information content (AvgIpc) is 2.91. The molecule has 0 unspecified atom stereocenters. The summed E-state index contributed by atoms with van der Waals surface area (Å²) in [4.78, 5) is 0. The summed E-state index contributed by atoms with van der Waals surface area (Å²) in [6.45, 7) is 6.88. The molecule has 0 saturated carbocycles. The van der Waals surface area contributed by atoms with Gasteiger partial charge in [-0.05, 0) is 76.7 Å². The lowest BCUT2D eigenvalue weighted by atomic mass is 9.70. The van der Waals surface area contributed by atoms with E-state index in [0.717, 1.165) is 0 Å². The van der Waals surface area contributed by atoms with E-state index in [0.29, 0.717) is 0 Å². The number of aryl methyl sites for hydroxylation is 1. The Labute approximate surface area is 180 Å². The van der Waals surface area contributed by atoms with Gasteiger partial charge in [-0.1, -0.05) is 95.0 Å². The molecule has 0 amide bonds. The highest BCUT2D eigenvalue weighted by Gasteiger charge is 2.42. The Morgan fingerprint density at radius 1 is 0.704 bits per heavy atom. The maximum atomic E-state index is 2.50. The van der Waals surface area contributed by atoms with Crippen molar-refractivity contribution in [2.24, 2.45) is 0 Å². The van der Waals surface area contributed by atoms with Crippen molar-refractivity contribution >= 4 is 22.6 Å². The van der Waals surface area contributed by atoms with Crippen molar-refractivity contribution in [2.45, 2.75) is 90.4 Å². The van der Waals surface area contributed by atoms with Crippen LogP contribution in [0.3, 0.4) is 0 Å². The molecule has 0 N–H and O–H groups in total. The normalized spacial score (nSPS) is 14.2. The molecule has 0 saturated heterocycles. The van der Waals surface area contributed by atoms with Crippen molar-refractivity contribution in [2.75, 3.05) is 0 Å². The molecule has 0 aliphatic heterocycles. The number of halogens is 1. The van der Waals surface area contributed by atoms with Gasteiger partial charge in [0.15, 0.2) is 0 Å². The van der Waals surface area contributed by atoms with Crippen LogP contribution in [-0.4, -0.2) is 0 Å². The summed E-state index contributed by atoms with van der Waals surface area (Å²) in [5.41, 5.74) is 7.87. The van der Waals surface area contributed by atoms with E-state index in [-0.39, 0.29) is 5.41 Å². The molecular weight excluding hydrogens is 439 g/mol.